The second kappa shape index (κ2) is 8.88. The van der Waals surface area contributed by atoms with Crippen LogP contribution in [0.5, 0.6) is 5.75 Å². The molecule has 0 saturated carbocycles. The fourth-order valence-corrected chi connectivity index (χ4v) is 4.74. The van der Waals surface area contributed by atoms with E-state index in [0.29, 0.717) is 34.0 Å². The van der Waals surface area contributed by atoms with Crippen molar-refractivity contribution in [3.8, 4) is 28.1 Å². The quantitative estimate of drug-likeness (QED) is 0.415. The lowest BCUT2D eigenvalue weighted by atomic mass is 10.0. The molecule has 2 aromatic heterocycles. The van der Waals surface area contributed by atoms with Gasteiger partial charge in [-0.15, -0.1) is 0 Å². The van der Waals surface area contributed by atoms with Gasteiger partial charge in [0, 0.05) is 23.7 Å². The average Bonchev–Trinajstić information content (AvgIpc) is 3.46. The van der Waals surface area contributed by atoms with Crippen LogP contribution in [0.1, 0.15) is 24.1 Å². The summed E-state index contributed by atoms with van der Waals surface area (Å²) in [5.74, 6) is 1.38. The SMILES string of the molecule is COc1cccc(-c2cc(N3CCCC3CO)nc3c(-c4ccc(C(F)(F)F)cc4)c(C)nn23)c1. The number of aliphatic hydroxyl groups excluding tert-OH is 1. The van der Waals surface area contributed by atoms with E-state index >= 15 is 0 Å². The molecule has 1 unspecified atom stereocenters. The molecule has 182 valence electrons. The van der Waals surface area contributed by atoms with Crippen molar-refractivity contribution in [2.45, 2.75) is 32.0 Å². The number of halogens is 3. The topological polar surface area (TPSA) is 62.9 Å². The Morgan fingerprint density at radius 2 is 1.86 bits per heavy atom. The summed E-state index contributed by atoms with van der Waals surface area (Å²) in [6.07, 6.45) is -2.60. The third kappa shape index (κ3) is 4.20. The van der Waals surface area contributed by atoms with Crippen LogP contribution in [0.2, 0.25) is 0 Å². The van der Waals surface area contributed by atoms with Crippen molar-refractivity contribution in [3.05, 3.63) is 65.9 Å². The second-order valence-electron chi connectivity index (χ2n) is 8.67. The first-order chi connectivity index (χ1) is 16.8. The second-order valence-corrected chi connectivity index (χ2v) is 8.67. The maximum atomic E-state index is 13.1. The van der Waals surface area contributed by atoms with Gasteiger partial charge >= 0.3 is 6.18 Å². The maximum absolute atomic E-state index is 13.1. The number of aromatic nitrogens is 3. The molecule has 9 heteroatoms. The summed E-state index contributed by atoms with van der Waals surface area (Å²) in [7, 11) is 1.60. The highest BCUT2D eigenvalue weighted by Crippen LogP contribution is 2.36. The number of rotatable bonds is 5. The van der Waals surface area contributed by atoms with Gasteiger partial charge < -0.3 is 14.7 Å². The first-order valence-corrected chi connectivity index (χ1v) is 11.4. The van der Waals surface area contributed by atoms with Crippen molar-refractivity contribution in [2.75, 3.05) is 25.2 Å². The molecule has 3 heterocycles. The molecule has 1 fully saturated rings. The van der Waals surface area contributed by atoms with Crippen LogP contribution in [0.25, 0.3) is 28.0 Å². The van der Waals surface area contributed by atoms with Gasteiger partial charge in [0.2, 0.25) is 0 Å². The number of nitrogens with zero attached hydrogens (tertiary/aromatic N) is 4. The zero-order valence-electron chi connectivity index (χ0n) is 19.4. The number of benzene rings is 2. The molecule has 0 aliphatic carbocycles. The molecular formula is C26H25F3N4O2. The van der Waals surface area contributed by atoms with Gasteiger partial charge in [-0.05, 0) is 49.6 Å². The van der Waals surface area contributed by atoms with E-state index in [4.69, 9.17) is 14.8 Å². The number of alkyl halides is 3. The Labute approximate surface area is 200 Å². The summed E-state index contributed by atoms with van der Waals surface area (Å²) in [4.78, 5) is 7.00. The van der Waals surface area contributed by atoms with Gasteiger partial charge in [-0.2, -0.15) is 18.3 Å². The Hall–Kier alpha value is -3.59. The van der Waals surface area contributed by atoms with Gasteiger partial charge in [-0.3, -0.25) is 0 Å². The Bertz CT molecular complexity index is 1370. The molecule has 35 heavy (non-hydrogen) atoms. The van der Waals surface area contributed by atoms with Crippen molar-refractivity contribution in [1.82, 2.24) is 14.6 Å². The smallest absolute Gasteiger partial charge is 0.416 e. The summed E-state index contributed by atoms with van der Waals surface area (Å²) >= 11 is 0. The third-order valence-corrected chi connectivity index (χ3v) is 6.50. The van der Waals surface area contributed by atoms with Gasteiger partial charge in [0.25, 0.3) is 0 Å². The molecule has 1 atom stereocenters. The van der Waals surface area contributed by atoms with Crippen molar-refractivity contribution < 1.29 is 23.0 Å². The maximum Gasteiger partial charge on any atom is 0.416 e. The Morgan fingerprint density at radius 1 is 1.09 bits per heavy atom. The highest BCUT2D eigenvalue weighted by atomic mass is 19.4. The summed E-state index contributed by atoms with van der Waals surface area (Å²) in [5.41, 5.74) is 3.40. The summed E-state index contributed by atoms with van der Waals surface area (Å²) < 4.78 is 46.5. The number of aliphatic hydroxyl groups is 1. The lowest BCUT2D eigenvalue weighted by Gasteiger charge is -2.25. The molecule has 0 radical (unpaired) electrons. The van der Waals surface area contributed by atoms with Crippen LogP contribution in [0.3, 0.4) is 0 Å². The fourth-order valence-electron chi connectivity index (χ4n) is 4.74. The first-order valence-electron chi connectivity index (χ1n) is 11.4. The number of hydrogen-bond donors (Lipinski definition) is 1. The standard InChI is InChI=1S/C26H25F3N4O2/c1-16-24(17-8-10-19(11-9-17)26(27,28)29)25-30-23(32-12-4-6-20(32)15-34)14-22(33(25)31-16)18-5-3-7-21(13-18)35-2/h3,5,7-11,13-14,20,34H,4,6,12,15H2,1-2H3. The van der Waals surface area contributed by atoms with Crippen molar-refractivity contribution in [3.63, 3.8) is 0 Å². The lowest BCUT2D eigenvalue weighted by Crippen LogP contribution is -2.32. The molecule has 1 aliphatic rings. The predicted molar refractivity (Wildman–Crippen MR) is 128 cm³/mol. The van der Waals surface area contributed by atoms with E-state index in [9.17, 15) is 18.3 Å². The van der Waals surface area contributed by atoms with E-state index in [1.54, 1.807) is 11.6 Å². The van der Waals surface area contributed by atoms with Gasteiger partial charge in [-0.1, -0.05) is 24.3 Å². The normalized spacial score (nSPS) is 16.3. The van der Waals surface area contributed by atoms with E-state index in [0.717, 1.165) is 42.8 Å². The van der Waals surface area contributed by atoms with Crippen LogP contribution in [0.15, 0.2) is 54.6 Å². The predicted octanol–water partition coefficient (Wildman–Crippen LogP) is 5.36. The molecule has 2 aromatic carbocycles. The molecule has 0 bridgehead atoms. The number of ether oxygens (including phenoxy) is 1. The minimum atomic E-state index is -4.41. The van der Waals surface area contributed by atoms with Crippen molar-refractivity contribution in [2.24, 2.45) is 0 Å². The molecule has 4 aromatic rings. The molecule has 1 N–H and O–H groups in total. The molecule has 0 amide bonds. The summed E-state index contributed by atoms with van der Waals surface area (Å²) in [5, 5.41) is 14.6. The largest absolute Gasteiger partial charge is 0.497 e. The van der Waals surface area contributed by atoms with E-state index in [1.807, 2.05) is 37.3 Å². The molecule has 6 nitrogen and oxygen atoms in total. The molecule has 5 rings (SSSR count). The zero-order chi connectivity index (χ0) is 24.7. The monoisotopic (exact) mass is 482 g/mol. The lowest BCUT2D eigenvalue weighted by molar-refractivity contribution is -0.137. The van der Waals surface area contributed by atoms with Crippen LogP contribution in [0.4, 0.5) is 19.0 Å². The first kappa shape index (κ1) is 23.2. The third-order valence-electron chi connectivity index (χ3n) is 6.50. The minimum Gasteiger partial charge on any atom is -0.497 e. The number of hydrogen-bond acceptors (Lipinski definition) is 5. The molecule has 1 aliphatic heterocycles. The van der Waals surface area contributed by atoms with Crippen LogP contribution in [0, 0.1) is 6.92 Å². The van der Waals surface area contributed by atoms with Crippen LogP contribution in [-0.2, 0) is 6.18 Å². The van der Waals surface area contributed by atoms with Crippen LogP contribution in [-0.4, -0.2) is 46.0 Å². The molecule has 0 spiro atoms. The highest BCUT2D eigenvalue weighted by Gasteiger charge is 2.31. The summed E-state index contributed by atoms with van der Waals surface area (Å²) in [6.45, 7) is 2.60. The van der Waals surface area contributed by atoms with E-state index in [2.05, 4.69) is 4.90 Å². The zero-order valence-corrected chi connectivity index (χ0v) is 19.4. The van der Waals surface area contributed by atoms with E-state index in [1.165, 1.54) is 12.1 Å². The number of fused-ring (bicyclic) bond motifs is 1. The van der Waals surface area contributed by atoms with E-state index in [-0.39, 0.29) is 12.6 Å². The Kier molecular flexibility index (Phi) is 5.88. The van der Waals surface area contributed by atoms with Gasteiger partial charge in [-0.25, -0.2) is 9.50 Å². The highest BCUT2D eigenvalue weighted by molar-refractivity contribution is 5.83. The number of methoxy groups -OCH3 is 1. The van der Waals surface area contributed by atoms with Crippen LogP contribution < -0.4 is 9.64 Å². The number of anilines is 1. The van der Waals surface area contributed by atoms with Crippen molar-refractivity contribution in [1.29, 1.82) is 0 Å². The molecule has 1 saturated heterocycles. The average molecular weight is 483 g/mol. The van der Waals surface area contributed by atoms with Crippen molar-refractivity contribution >= 4 is 11.5 Å². The number of aryl methyl sites for hydroxylation is 1. The van der Waals surface area contributed by atoms with Gasteiger partial charge in [0.05, 0.1) is 36.7 Å². The van der Waals surface area contributed by atoms with E-state index < -0.39 is 11.7 Å². The minimum absolute atomic E-state index is 0.0193. The van der Waals surface area contributed by atoms with Gasteiger partial charge in [0.1, 0.15) is 11.6 Å². The summed E-state index contributed by atoms with van der Waals surface area (Å²) in [6, 6.07) is 14.6. The fraction of sp³-hybridized carbons (Fsp3) is 0.308. The Balaban J connectivity index is 1.74. The van der Waals surface area contributed by atoms with Crippen LogP contribution >= 0.6 is 0 Å². The molecular weight excluding hydrogens is 457 g/mol. The Morgan fingerprint density at radius 3 is 2.54 bits per heavy atom. The van der Waals surface area contributed by atoms with Gasteiger partial charge in [0.15, 0.2) is 5.65 Å².